The quantitative estimate of drug-likeness (QED) is 0.540. The van der Waals surface area contributed by atoms with Gasteiger partial charge in [0, 0.05) is 29.4 Å². The maximum atomic E-state index is 12.0. The molecule has 5 nitrogen and oxygen atoms in total. The lowest BCUT2D eigenvalue weighted by atomic mass is 10.1. The number of rotatable bonds is 5. The summed E-state index contributed by atoms with van der Waals surface area (Å²) in [7, 11) is 1.37. The van der Waals surface area contributed by atoms with E-state index in [1.165, 1.54) is 12.7 Å². The Hall–Kier alpha value is -3.18. The predicted octanol–water partition coefficient (Wildman–Crippen LogP) is 3.79. The van der Waals surface area contributed by atoms with Gasteiger partial charge in [0.2, 0.25) is 0 Å². The Bertz CT molecular complexity index is 1070. The van der Waals surface area contributed by atoms with E-state index in [1.807, 2.05) is 42.5 Å². The third-order valence-electron chi connectivity index (χ3n) is 4.43. The molecule has 0 bridgehead atoms. The van der Waals surface area contributed by atoms with Crippen molar-refractivity contribution in [2.24, 2.45) is 0 Å². The van der Waals surface area contributed by atoms with Crippen molar-refractivity contribution in [3.63, 3.8) is 0 Å². The molecule has 0 aliphatic rings. The zero-order valence-corrected chi connectivity index (χ0v) is 14.5. The van der Waals surface area contributed by atoms with Gasteiger partial charge in [-0.1, -0.05) is 48.5 Å². The molecule has 5 heteroatoms. The number of methoxy groups -OCH3 is 1. The molecule has 26 heavy (non-hydrogen) atoms. The van der Waals surface area contributed by atoms with Gasteiger partial charge in [-0.15, -0.1) is 0 Å². The van der Waals surface area contributed by atoms with Gasteiger partial charge in [0.1, 0.15) is 5.69 Å². The van der Waals surface area contributed by atoms with Gasteiger partial charge in [-0.05, 0) is 17.7 Å². The van der Waals surface area contributed by atoms with Gasteiger partial charge >= 0.3 is 5.97 Å². The molecular weight excluding hydrogens is 326 g/mol. The van der Waals surface area contributed by atoms with Crippen LogP contribution in [0.3, 0.4) is 0 Å². The van der Waals surface area contributed by atoms with E-state index in [-0.39, 0.29) is 0 Å². The summed E-state index contributed by atoms with van der Waals surface area (Å²) in [6, 6.07) is 20.0. The van der Waals surface area contributed by atoms with E-state index in [4.69, 9.17) is 4.74 Å². The van der Waals surface area contributed by atoms with Crippen LogP contribution in [0.25, 0.3) is 21.8 Å². The summed E-state index contributed by atoms with van der Waals surface area (Å²) < 4.78 is 4.87. The summed E-state index contributed by atoms with van der Waals surface area (Å²) in [6.45, 7) is 1.27. The Morgan fingerprint density at radius 1 is 1.04 bits per heavy atom. The number of esters is 1. The van der Waals surface area contributed by atoms with Crippen LogP contribution in [0.15, 0.2) is 60.7 Å². The Morgan fingerprint density at radius 3 is 2.62 bits per heavy atom. The second-order valence-corrected chi connectivity index (χ2v) is 6.13. The third-order valence-corrected chi connectivity index (χ3v) is 4.43. The second-order valence-electron chi connectivity index (χ2n) is 6.13. The lowest BCUT2D eigenvalue weighted by molar-refractivity contribution is 0.0594. The number of ether oxygens (including phenoxy) is 1. The van der Waals surface area contributed by atoms with Gasteiger partial charge < -0.3 is 15.0 Å². The first-order valence-electron chi connectivity index (χ1n) is 8.49. The van der Waals surface area contributed by atoms with Crippen molar-refractivity contribution in [3.05, 3.63) is 77.6 Å². The van der Waals surface area contributed by atoms with Crippen LogP contribution < -0.4 is 5.32 Å². The van der Waals surface area contributed by atoms with Crippen LogP contribution in [0.1, 0.15) is 21.7 Å². The summed E-state index contributed by atoms with van der Waals surface area (Å²) in [6.07, 6.45) is 0. The maximum Gasteiger partial charge on any atom is 0.356 e. The van der Waals surface area contributed by atoms with Crippen LogP contribution in [0, 0.1) is 0 Å². The highest BCUT2D eigenvalue weighted by Gasteiger charge is 2.15. The fraction of sp³-hybridized carbons (Fsp3) is 0.143. The molecular formula is C21H19N3O2. The molecule has 0 aliphatic carbocycles. The smallest absolute Gasteiger partial charge is 0.356 e. The zero-order chi connectivity index (χ0) is 17.9. The second kappa shape index (κ2) is 6.98. The van der Waals surface area contributed by atoms with Crippen molar-refractivity contribution in [2.75, 3.05) is 7.11 Å². The molecule has 0 amide bonds. The molecule has 0 spiro atoms. The Morgan fingerprint density at radius 2 is 1.81 bits per heavy atom. The Labute approximate surface area is 151 Å². The average molecular weight is 345 g/mol. The summed E-state index contributed by atoms with van der Waals surface area (Å²) in [5.74, 6) is -0.429. The number of pyridine rings is 1. The molecule has 0 saturated heterocycles. The molecule has 0 saturated carbocycles. The molecule has 0 radical (unpaired) electrons. The van der Waals surface area contributed by atoms with Crippen molar-refractivity contribution in [3.8, 4) is 0 Å². The minimum atomic E-state index is -0.429. The normalized spacial score (nSPS) is 11.1. The molecule has 2 aromatic heterocycles. The maximum absolute atomic E-state index is 12.0. The number of nitrogens with one attached hydrogen (secondary N) is 2. The molecule has 4 rings (SSSR count). The topological polar surface area (TPSA) is 67.0 Å². The van der Waals surface area contributed by atoms with Crippen LogP contribution in [0.5, 0.6) is 0 Å². The standard InChI is InChI=1S/C21H19N3O2/c1-26-21(25)18-11-16-15-9-5-6-10-17(15)24-20(16)19(23-18)13-22-12-14-7-3-2-4-8-14/h2-11,22,24H,12-13H2,1H3. The summed E-state index contributed by atoms with van der Waals surface area (Å²) >= 11 is 0. The van der Waals surface area contributed by atoms with Crippen molar-refractivity contribution in [2.45, 2.75) is 13.1 Å². The number of aromatic amines is 1. The first-order chi connectivity index (χ1) is 12.8. The SMILES string of the molecule is COC(=O)c1cc2c([nH]c3ccccc32)c(CNCc2ccccc2)n1. The number of fused-ring (bicyclic) bond motifs is 3. The van der Waals surface area contributed by atoms with E-state index < -0.39 is 5.97 Å². The number of nitrogens with zero attached hydrogens (tertiary/aromatic N) is 1. The fourth-order valence-corrected chi connectivity index (χ4v) is 3.17. The van der Waals surface area contributed by atoms with E-state index in [2.05, 4.69) is 27.4 Å². The van der Waals surface area contributed by atoms with Gasteiger partial charge in [-0.2, -0.15) is 0 Å². The van der Waals surface area contributed by atoms with Gasteiger partial charge in [-0.25, -0.2) is 9.78 Å². The molecule has 0 aliphatic heterocycles. The lowest BCUT2D eigenvalue weighted by Crippen LogP contribution is -2.15. The number of carbonyl (C=O) groups excluding carboxylic acids is 1. The van der Waals surface area contributed by atoms with E-state index in [0.29, 0.717) is 12.2 Å². The average Bonchev–Trinajstić information content (AvgIpc) is 3.07. The van der Waals surface area contributed by atoms with E-state index in [0.717, 1.165) is 34.0 Å². The van der Waals surface area contributed by atoms with Crippen molar-refractivity contribution >= 4 is 27.8 Å². The van der Waals surface area contributed by atoms with Gasteiger partial charge in [0.25, 0.3) is 0 Å². The number of para-hydroxylation sites is 1. The summed E-state index contributed by atoms with van der Waals surface area (Å²) in [4.78, 5) is 20.0. The van der Waals surface area contributed by atoms with E-state index in [9.17, 15) is 4.79 Å². The molecule has 0 unspecified atom stereocenters. The zero-order valence-electron chi connectivity index (χ0n) is 14.5. The molecule has 0 atom stereocenters. The summed E-state index contributed by atoms with van der Waals surface area (Å²) in [5, 5.41) is 5.45. The number of hydrogen-bond acceptors (Lipinski definition) is 4. The molecule has 0 fully saturated rings. The van der Waals surface area contributed by atoms with Crippen LogP contribution in [0.4, 0.5) is 0 Å². The fourth-order valence-electron chi connectivity index (χ4n) is 3.17. The Kier molecular flexibility index (Phi) is 4.37. The van der Waals surface area contributed by atoms with Crippen molar-refractivity contribution in [1.82, 2.24) is 15.3 Å². The van der Waals surface area contributed by atoms with Crippen LogP contribution in [-0.2, 0) is 17.8 Å². The van der Waals surface area contributed by atoms with Crippen LogP contribution in [-0.4, -0.2) is 23.0 Å². The molecule has 2 heterocycles. The molecule has 130 valence electrons. The number of H-pyrrole nitrogens is 1. The van der Waals surface area contributed by atoms with Gasteiger partial charge in [-0.3, -0.25) is 0 Å². The minimum Gasteiger partial charge on any atom is -0.464 e. The monoisotopic (exact) mass is 345 g/mol. The third kappa shape index (κ3) is 3.05. The van der Waals surface area contributed by atoms with Crippen molar-refractivity contribution in [1.29, 1.82) is 0 Å². The number of hydrogen-bond donors (Lipinski definition) is 2. The molecule has 4 aromatic rings. The van der Waals surface area contributed by atoms with Crippen LogP contribution >= 0.6 is 0 Å². The van der Waals surface area contributed by atoms with Crippen molar-refractivity contribution < 1.29 is 9.53 Å². The van der Waals surface area contributed by atoms with E-state index >= 15 is 0 Å². The molecule has 2 N–H and O–H groups in total. The number of carbonyl (C=O) groups is 1. The summed E-state index contributed by atoms with van der Waals surface area (Å²) in [5.41, 5.74) is 4.29. The largest absolute Gasteiger partial charge is 0.464 e. The highest BCUT2D eigenvalue weighted by atomic mass is 16.5. The highest BCUT2D eigenvalue weighted by molar-refractivity contribution is 6.09. The first kappa shape index (κ1) is 16.3. The Balaban J connectivity index is 1.72. The first-order valence-corrected chi connectivity index (χ1v) is 8.49. The lowest BCUT2D eigenvalue weighted by Gasteiger charge is -2.08. The van der Waals surface area contributed by atoms with Gasteiger partial charge in [0.15, 0.2) is 0 Å². The highest BCUT2D eigenvalue weighted by Crippen LogP contribution is 2.27. The number of benzene rings is 2. The molecule has 2 aromatic carbocycles. The van der Waals surface area contributed by atoms with Crippen LogP contribution in [0.2, 0.25) is 0 Å². The van der Waals surface area contributed by atoms with Gasteiger partial charge in [0.05, 0.1) is 18.3 Å². The van der Waals surface area contributed by atoms with E-state index in [1.54, 1.807) is 6.07 Å². The predicted molar refractivity (Wildman–Crippen MR) is 102 cm³/mol. The minimum absolute atomic E-state index is 0.321. The number of aromatic nitrogens is 2.